The van der Waals surface area contributed by atoms with E-state index in [1.54, 1.807) is 0 Å². The van der Waals surface area contributed by atoms with Crippen LogP contribution in [0.4, 0.5) is 0 Å². The van der Waals surface area contributed by atoms with Crippen molar-refractivity contribution in [1.29, 1.82) is 0 Å². The van der Waals surface area contributed by atoms with E-state index in [2.05, 4.69) is 39.8 Å². The Balaban J connectivity index is 4.45. The highest BCUT2D eigenvalue weighted by Crippen LogP contribution is 2.25. The highest BCUT2D eigenvalue weighted by molar-refractivity contribution is 4.96. The fourth-order valence-corrected chi connectivity index (χ4v) is 2.83. The second kappa shape index (κ2) is 17.5. The molecule has 0 spiro atoms. The molecule has 0 radical (unpaired) electrons. The molecule has 24 heavy (non-hydrogen) atoms. The van der Waals surface area contributed by atoms with Crippen LogP contribution in [0.3, 0.4) is 0 Å². The summed E-state index contributed by atoms with van der Waals surface area (Å²) in [6.07, 6.45) is 20.4. The van der Waals surface area contributed by atoms with E-state index in [0.717, 1.165) is 38.9 Å². The van der Waals surface area contributed by atoms with Gasteiger partial charge in [-0.3, -0.25) is 0 Å². The molecule has 0 bridgehead atoms. The van der Waals surface area contributed by atoms with Crippen LogP contribution in [-0.4, -0.2) is 19.0 Å². The van der Waals surface area contributed by atoms with E-state index in [1.807, 2.05) is 0 Å². The number of rotatable bonds is 18. The fourth-order valence-electron chi connectivity index (χ4n) is 2.83. The Morgan fingerprint density at radius 1 is 0.625 bits per heavy atom. The maximum Gasteiger partial charge on any atom is 0.187 e. The molecule has 0 saturated heterocycles. The van der Waals surface area contributed by atoms with Crippen molar-refractivity contribution in [2.45, 2.75) is 117 Å². The van der Waals surface area contributed by atoms with E-state index < -0.39 is 5.79 Å². The van der Waals surface area contributed by atoms with E-state index in [1.165, 1.54) is 57.8 Å². The first-order valence-corrected chi connectivity index (χ1v) is 10.7. The van der Waals surface area contributed by atoms with Crippen LogP contribution in [-0.2, 0) is 9.47 Å². The lowest BCUT2D eigenvalue weighted by Gasteiger charge is -2.31. The van der Waals surface area contributed by atoms with E-state index >= 15 is 0 Å². The van der Waals surface area contributed by atoms with E-state index in [9.17, 15) is 0 Å². The summed E-state index contributed by atoms with van der Waals surface area (Å²) in [4.78, 5) is 0. The summed E-state index contributed by atoms with van der Waals surface area (Å²) in [5.41, 5.74) is 0. The van der Waals surface area contributed by atoms with Crippen LogP contribution in [0, 0.1) is 0 Å². The number of ether oxygens (including phenoxy) is 2. The van der Waals surface area contributed by atoms with Gasteiger partial charge >= 0.3 is 0 Å². The normalized spacial score (nSPS) is 12.3. The average Bonchev–Trinajstić information content (AvgIpc) is 2.60. The molecule has 0 rings (SSSR count). The van der Waals surface area contributed by atoms with Crippen LogP contribution >= 0.6 is 0 Å². The van der Waals surface area contributed by atoms with Gasteiger partial charge in [-0.2, -0.15) is 0 Å². The van der Waals surface area contributed by atoms with Gasteiger partial charge in [0.15, 0.2) is 5.79 Å². The van der Waals surface area contributed by atoms with Gasteiger partial charge in [0.1, 0.15) is 0 Å². The standard InChI is InChI=1S/C22H44O2/c1-5-9-11-13-14-15-17-19-22(23-20-7-3,24-21-8-4)18-16-12-10-6-2/h16,18H,5-15,17,19-21H2,1-4H3. The molecular formula is C22H44O2. The summed E-state index contributed by atoms with van der Waals surface area (Å²) < 4.78 is 12.4. The Labute approximate surface area is 152 Å². The second-order valence-corrected chi connectivity index (χ2v) is 6.92. The number of unbranched alkanes of at least 4 members (excludes halogenated alkanes) is 8. The molecule has 2 heteroatoms. The maximum absolute atomic E-state index is 6.20. The molecule has 0 aliphatic heterocycles. The van der Waals surface area contributed by atoms with E-state index in [0.29, 0.717) is 0 Å². The van der Waals surface area contributed by atoms with Gasteiger partial charge in [-0.15, -0.1) is 0 Å². The first kappa shape index (κ1) is 23.7. The SMILES string of the molecule is CCCCC=CC(CCCCCCCCC)(OCCC)OCCC. The van der Waals surface area contributed by atoms with Gasteiger partial charge in [-0.05, 0) is 31.8 Å². The summed E-state index contributed by atoms with van der Waals surface area (Å²) in [7, 11) is 0. The van der Waals surface area contributed by atoms with E-state index in [4.69, 9.17) is 9.47 Å². The molecule has 0 aromatic carbocycles. The second-order valence-electron chi connectivity index (χ2n) is 6.92. The Hall–Kier alpha value is -0.340. The van der Waals surface area contributed by atoms with Gasteiger partial charge in [-0.1, -0.05) is 85.1 Å². The topological polar surface area (TPSA) is 18.5 Å². The molecule has 144 valence electrons. The fraction of sp³-hybridized carbons (Fsp3) is 0.909. The van der Waals surface area contributed by atoms with Crippen LogP contribution in [0.2, 0.25) is 0 Å². The molecule has 0 aliphatic carbocycles. The van der Waals surface area contributed by atoms with Crippen molar-refractivity contribution in [3.05, 3.63) is 12.2 Å². The molecule has 0 heterocycles. The molecular weight excluding hydrogens is 296 g/mol. The average molecular weight is 341 g/mol. The molecule has 0 fully saturated rings. The van der Waals surface area contributed by atoms with Crippen LogP contribution in [0.1, 0.15) is 111 Å². The highest BCUT2D eigenvalue weighted by Gasteiger charge is 2.27. The molecule has 0 N–H and O–H groups in total. The minimum absolute atomic E-state index is 0.483. The Kier molecular flexibility index (Phi) is 17.2. The Morgan fingerprint density at radius 3 is 1.71 bits per heavy atom. The number of hydrogen-bond acceptors (Lipinski definition) is 2. The monoisotopic (exact) mass is 340 g/mol. The van der Waals surface area contributed by atoms with Crippen molar-refractivity contribution in [3.63, 3.8) is 0 Å². The van der Waals surface area contributed by atoms with Crippen molar-refractivity contribution < 1.29 is 9.47 Å². The van der Waals surface area contributed by atoms with Crippen LogP contribution in [0.5, 0.6) is 0 Å². The molecule has 0 saturated carbocycles. The largest absolute Gasteiger partial charge is 0.346 e. The van der Waals surface area contributed by atoms with Crippen LogP contribution in [0.15, 0.2) is 12.2 Å². The van der Waals surface area contributed by atoms with Crippen molar-refractivity contribution in [1.82, 2.24) is 0 Å². The molecule has 0 aliphatic rings. The number of hydrogen-bond donors (Lipinski definition) is 0. The minimum atomic E-state index is -0.483. The third kappa shape index (κ3) is 13.0. The third-order valence-corrected chi connectivity index (χ3v) is 4.33. The van der Waals surface area contributed by atoms with Gasteiger partial charge in [-0.25, -0.2) is 0 Å². The molecule has 0 aromatic heterocycles. The lowest BCUT2D eigenvalue weighted by molar-refractivity contribution is -0.209. The Bertz CT molecular complexity index is 265. The highest BCUT2D eigenvalue weighted by atomic mass is 16.7. The van der Waals surface area contributed by atoms with Crippen molar-refractivity contribution in [2.75, 3.05) is 13.2 Å². The van der Waals surface area contributed by atoms with Gasteiger partial charge in [0.2, 0.25) is 0 Å². The lowest BCUT2D eigenvalue weighted by atomic mass is 10.0. The molecule has 0 aromatic rings. The predicted molar refractivity (Wildman–Crippen MR) is 106 cm³/mol. The van der Waals surface area contributed by atoms with Crippen LogP contribution < -0.4 is 0 Å². The molecule has 0 unspecified atom stereocenters. The van der Waals surface area contributed by atoms with Gasteiger partial charge in [0.25, 0.3) is 0 Å². The smallest absolute Gasteiger partial charge is 0.187 e. The summed E-state index contributed by atoms with van der Waals surface area (Å²) in [6, 6.07) is 0. The Morgan fingerprint density at radius 2 is 1.17 bits per heavy atom. The molecule has 0 atom stereocenters. The minimum Gasteiger partial charge on any atom is -0.346 e. The van der Waals surface area contributed by atoms with Gasteiger partial charge in [0, 0.05) is 6.42 Å². The lowest BCUT2D eigenvalue weighted by Crippen LogP contribution is -2.34. The van der Waals surface area contributed by atoms with Gasteiger partial charge in [0.05, 0.1) is 13.2 Å². The zero-order chi connectivity index (χ0) is 17.9. The predicted octanol–water partition coefficient (Wildman–Crippen LogP) is 7.42. The van der Waals surface area contributed by atoms with Crippen LogP contribution in [0.25, 0.3) is 0 Å². The molecule has 2 nitrogen and oxygen atoms in total. The molecule has 0 amide bonds. The maximum atomic E-state index is 6.20. The van der Waals surface area contributed by atoms with Gasteiger partial charge < -0.3 is 9.47 Å². The summed E-state index contributed by atoms with van der Waals surface area (Å²) in [5, 5.41) is 0. The quantitative estimate of drug-likeness (QED) is 0.147. The van der Waals surface area contributed by atoms with Crippen molar-refractivity contribution in [3.8, 4) is 0 Å². The van der Waals surface area contributed by atoms with E-state index in [-0.39, 0.29) is 0 Å². The third-order valence-electron chi connectivity index (χ3n) is 4.33. The summed E-state index contributed by atoms with van der Waals surface area (Å²) >= 11 is 0. The first-order valence-electron chi connectivity index (χ1n) is 10.7. The summed E-state index contributed by atoms with van der Waals surface area (Å²) in [6.45, 7) is 10.4. The summed E-state index contributed by atoms with van der Waals surface area (Å²) in [5.74, 6) is -0.483. The number of allylic oxidation sites excluding steroid dienone is 1. The van der Waals surface area contributed by atoms with Crippen molar-refractivity contribution in [2.24, 2.45) is 0 Å². The zero-order valence-corrected chi connectivity index (χ0v) is 17.1. The first-order chi connectivity index (χ1) is 11.7. The van der Waals surface area contributed by atoms with Crippen molar-refractivity contribution >= 4 is 0 Å². The zero-order valence-electron chi connectivity index (χ0n) is 17.1.